The van der Waals surface area contributed by atoms with Crippen molar-refractivity contribution in [2.45, 2.75) is 42.6 Å². The molecule has 4 rings (SSSR count). The standard InChI is InChI=1S/C24H22F4N4O3S/c1-14-2-8-19(22(14)36(34,35)18-6-4-16(25)5-7-18)23(33)30-12-17-10-20(32-13-31-17)15-3-9-21(29-11-15)24(26,27)28/h3-7,9-11,13-14,19,22H,2,8,12H2,1H3,(H,30,33)/t14-,19-,22?/m1/s1. The van der Waals surface area contributed by atoms with Crippen molar-refractivity contribution in [3.63, 3.8) is 0 Å². The van der Waals surface area contributed by atoms with Gasteiger partial charge < -0.3 is 5.32 Å². The topological polar surface area (TPSA) is 102 Å². The van der Waals surface area contributed by atoms with E-state index in [0.29, 0.717) is 29.8 Å². The minimum absolute atomic E-state index is 0.0311. The summed E-state index contributed by atoms with van der Waals surface area (Å²) in [7, 11) is -3.88. The Balaban J connectivity index is 1.47. The van der Waals surface area contributed by atoms with Gasteiger partial charge in [0.1, 0.15) is 17.8 Å². The third-order valence-corrected chi connectivity index (χ3v) is 8.68. The zero-order valence-electron chi connectivity index (χ0n) is 19.0. The molecule has 1 aliphatic carbocycles. The van der Waals surface area contributed by atoms with Gasteiger partial charge in [-0.3, -0.25) is 9.78 Å². The molecule has 1 saturated carbocycles. The molecular weight excluding hydrogens is 500 g/mol. The van der Waals surface area contributed by atoms with E-state index >= 15 is 0 Å². The molecule has 1 unspecified atom stereocenters. The average Bonchev–Trinajstić information content (AvgIpc) is 3.25. The normalized spacial score (nSPS) is 20.3. The van der Waals surface area contributed by atoms with Gasteiger partial charge in [0.05, 0.1) is 34.0 Å². The van der Waals surface area contributed by atoms with Gasteiger partial charge in [-0.05, 0) is 61.2 Å². The number of rotatable bonds is 6. The van der Waals surface area contributed by atoms with Crippen LogP contribution in [-0.2, 0) is 27.4 Å². The van der Waals surface area contributed by atoms with Gasteiger partial charge >= 0.3 is 6.18 Å². The molecule has 1 N–H and O–H groups in total. The van der Waals surface area contributed by atoms with Crippen LogP contribution in [0.3, 0.4) is 0 Å². The van der Waals surface area contributed by atoms with Crippen LogP contribution in [0.1, 0.15) is 31.2 Å². The summed E-state index contributed by atoms with van der Waals surface area (Å²) in [6.07, 6.45) is -1.36. The number of nitrogens with one attached hydrogen (secondary N) is 1. The lowest BCUT2D eigenvalue weighted by Gasteiger charge is -2.22. The summed E-state index contributed by atoms with van der Waals surface area (Å²) < 4.78 is 78.0. The largest absolute Gasteiger partial charge is 0.433 e. The number of hydrogen-bond donors (Lipinski definition) is 1. The molecule has 2 heterocycles. The number of halogens is 4. The van der Waals surface area contributed by atoms with Crippen LogP contribution in [0.4, 0.5) is 17.6 Å². The van der Waals surface area contributed by atoms with Gasteiger partial charge in [0.15, 0.2) is 9.84 Å². The first-order chi connectivity index (χ1) is 17.0. The number of benzene rings is 1. The number of carbonyl (C=O) groups is 1. The number of aromatic nitrogens is 3. The molecule has 3 aromatic rings. The van der Waals surface area contributed by atoms with E-state index in [1.807, 2.05) is 0 Å². The van der Waals surface area contributed by atoms with Crippen molar-refractivity contribution in [3.05, 3.63) is 72.2 Å². The summed E-state index contributed by atoms with van der Waals surface area (Å²) in [4.78, 5) is 24.5. The Labute approximate surface area is 204 Å². The molecule has 190 valence electrons. The Morgan fingerprint density at radius 1 is 1.06 bits per heavy atom. The molecule has 0 aliphatic heterocycles. The number of hydrogen-bond acceptors (Lipinski definition) is 6. The van der Waals surface area contributed by atoms with Gasteiger partial charge in [-0.2, -0.15) is 13.2 Å². The summed E-state index contributed by atoms with van der Waals surface area (Å²) in [6, 6.07) is 8.13. The molecule has 7 nitrogen and oxygen atoms in total. The number of sulfone groups is 1. The third kappa shape index (κ3) is 5.38. The average molecular weight is 523 g/mol. The molecule has 2 aromatic heterocycles. The first-order valence-corrected chi connectivity index (χ1v) is 12.6. The van der Waals surface area contributed by atoms with E-state index in [1.54, 1.807) is 6.92 Å². The maximum absolute atomic E-state index is 13.3. The molecular formula is C24H22F4N4O3S. The second-order valence-corrected chi connectivity index (χ2v) is 10.8. The molecule has 1 aliphatic rings. The van der Waals surface area contributed by atoms with Crippen molar-refractivity contribution in [3.8, 4) is 11.3 Å². The molecule has 0 radical (unpaired) electrons. The number of amides is 1. The van der Waals surface area contributed by atoms with Crippen LogP contribution in [-0.4, -0.2) is 34.5 Å². The predicted molar refractivity (Wildman–Crippen MR) is 121 cm³/mol. The highest BCUT2D eigenvalue weighted by Gasteiger charge is 2.46. The number of nitrogens with zero attached hydrogens (tertiary/aromatic N) is 3. The molecule has 3 atom stereocenters. The fourth-order valence-corrected chi connectivity index (χ4v) is 6.69. The molecule has 0 spiro atoms. The van der Waals surface area contributed by atoms with E-state index in [2.05, 4.69) is 20.3 Å². The Kier molecular flexibility index (Phi) is 7.07. The number of alkyl halides is 3. The first kappa shape index (κ1) is 25.7. The minimum atomic E-state index is -4.56. The Morgan fingerprint density at radius 3 is 2.42 bits per heavy atom. The van der Waals surface area contributed by atoms with Gasteiger partial charge in [0.25, 0.3) is 0 Å². The molecule has 1 fully saturated rings. The summed E-state index contributed by atoms with van der Waals surface area (Å²) in [6.45, 7) is 1.74. The second kappa shape index (κ2) is 9.92. The van der Waals surface area contributed by atoms with Crippen LogP contribution in [0.2, 0.25) is 0 Å². The van der Waals surface area contributed by atoms with Gasteiger partial charge in [-0.25, -0.2) is 22.8 Å². The summed E-state index contributed by atoms with van der Waals surface area (Å²) in [5.41, 5.74) is 0.0238. The molecule has 12 heteroatoms. The smallest absolute Gasteiger partial charge is 0.350 e. The van der Waals surface area contributed by atoms with Crippen molar-refractivity contribution in [2.24, 2.45) is 11.8 Å². The highest BCUT2D eigenvalue weighted by Crippen LogP contribution is 2.39. The molecule has 1 amide bonds. The minimum Gasteiger partial charge on any atom is -0.350 e. The van der Waals surface area contributed by atoms with Crippen molar-refractivity contribution >= 4 is 15.7 Å². The summed E-state index contributed by atoms with van der Waals surface area (Å²) >= 11 is 0. The van der Waals surface area contributed by atoms with Crippen LogP contribution in [0.25, 0.3) is 11.3 Å². The van der Waals surface area contributed by atoms with Crippen LogP contribution in [0, 0.1) is 17.7 Å². The lowest BCUT2D eigenvalue weighted by Crippen LogP contribution is -2.40. The van der Waals surface area contributed by atoms with E-state index in [0.717, 1.165) is 24.4 Å². The van der Waals surface area contributed by atoms with Crippen LogP contribution in [0.15, 0.2) is 59.9 Å². The van der Waals surface area contributed by atoms with E-state index < -0.39 is 44.6 Å². The van der Waals surface area contributed by atoms with E-state index in [4.69, 9.17) is 0 Å². The lowest BCUT2D eigenvalue weighted by atomic mass is 10.0. The maximum atomic E-state index is 13.3. The number of pyridine rings is 1. The van der Waals surface area contributed by atoms with Crippen molar-refractivity contribution < 1.29 is 30.8 Å². The monoisotopic (exact) mass is 522 g/mol. The van der Waals surface area contributed by atoms with Crippen molar-refractivity contribution in [2.75, 3.05) is 0 Å². The van der Waals surface area contributed by atoms with Gasteiger partial charge in [0, 0.05) is 11.8 Å². The van der Waals surface area contributed by atoms with Gasteiger partial charge in [-0.1, -0.05) is 6.92 Å². The van der Waals surface area contributed by atoms with E-state index in [1.165, 1.54) is 30.6 Å². The van der Waals surface area contributed by atoms with E-state index in [9.17, 15) is 30.8 Å². The second-order valence-electron chi connectivity index (χ2n) is 8.67. The molecule has 1 aromatic carbocycles. The quantitative estimate of drug-likeness (QED) is 0.385. The summed E-state index contributed by atoms with van der Waals surface area (Å²) in [5, 5.41) is 1.76. The maximum Gasteiger partial charge on any atom is 0.433 e. The van der Waals surface area contributed by atoms with Crippen molar-refractivity contribution in [1.82, 2.24) is 20.3 Å². The zero-order chi connectivity index (χ0) is 26.1. The van der Waals surface area contributed by atoms with Gasteiger partial charge in [-0.15, -0.1) is 0 Å². The Hall–Kier alpha value is -3.41. The lowest BCUT2D eigenvalue weighted by molar-refractivity contribution is -0.141. The Bertz CT molecular complexity index is 1350. The highest BCUT2D eigenvalue weighted by molar-refractivity contribution is 7.92. The predicted octanol–water partition coefficient (Wildman–Crippen LogP) is 4.20. The third-order valence-electron chi connectivity index (χ3n) is 6.24. The van der Waals surface area contributed by atoms with Crippen LogP contribution >= 0.6 is 0 Å². The fourth-order valence-electron chi connectivity index (χ4n) is 4.43. The fraction of sp³-hybridized carbons (Fsp3) is 0.333. The van der Waals surface area contributed by atoms with E-state index in [-0.39, 0.29) is 17.4 Å². The molecule has 0 saturated heterocycles. The van der Waals surface area contributed by atoms with Crippen LogP contribution < -0.4 is 5.32 Å². The molecule has 0 bridgehead atoms. The Morgan fingerprint density at radius 2 is 1.78 bits per heavy atom. The summed E-state index contributed by atoms with van der Waals surface area (Å²) in [5.74, 6) is -2.07. The first-order valence-electron chi connectivity index (χ1n) is 11.1. The number of carbonyl (C=O) groups excluding carboxylic acids is 1. The SMILES string of the molecule is C[C@@H]1CC[C@@H](C(=O)NCc2cc(-c3ccc(C(F)(F)F)nc3)ncn2)C1S(=O)(=O)c1ccc(F)cc1. The van der Waals surface area contributed by atoms with Crippen molar-refractivity contribution in [1.29, 1.82) is 0 Å². The molecule has 36 heavy (non-hydrogen) atoms. The zero-order valence-corrected chi connectivity index (χ0v) is 19.9. The highest BCUT2D eigenvalue weighted by atomic mass is 32.2. The van der Waals surface area contributed by atoms with Crippen LogP contribution in [0.5, 0.6) is 0 Å². The van der Waals surface area contributed by atoms with Gasteiger partial charge in [0.2, 0.25) is 5.91 Å².